The Bertz CT molecular complexity index is 471. The SMILES string of the molecule is Cc1[nH]c(CNc2ccccc2)nc1C(C)C. The molecule has 0 spiro atoms. The van der Waals surface area contributed by atoms with Gasteiger partial charge in [-0.05, 0) is 25.0 Å². The Labute approximate surface area is 102 Å². The van der Waals surface area contributed by atoms with Gasteiger partial charge in [0.15, 0.2) is 0 Å². The number of aromatic nitrogens is 2. The Morgan fingerprint density at radius 1 is 1.24 bits per heavy atom. The van der Waals surface area contributed by atoms with Crippen molar-refractivity contribution in [3.63, 3.8) is 0 Å². The van der Waals surface area contributed by atoms with Crippen LogP contribution in [0.25, 0.3) is 0 Å². The van der Waals surface area contributed by atoms with Gasteiger partial charge in [-0.1, -0.05) is 32.0 Å². The standard InChI is InChI=1S/C14H19N3/c1-10(2)14-11(3)16-13(17-14)9-15-12-7-5-4-6-8-12/h4-8,10,15H,9H2,1-3H3,(H,16,17). The predicted molar refractivity (Wildman–Crippen MR) is 71.2 cm³/mol. The number of aryl methyl sites for hydroxylation is 1. The fourth-order valence-corrected chi connectivity index (χ4v) is 1.93. The van der Waals surface area contributed by atoms with Gasteiger partial charge in [-0.3, -0.25) is 0 Å². The van der Waals surface area contributed by atoms with Crippen LogP contribution in [0.2, 0.25) is 0 Å². The highest BCUT2D eigenvalue weighted by Crippen LogP contribution is 2.16. The van der Waals surface area contributed by atoms with Crippen molar-refractivity contribution in [2.24, 2.45) is 0 Å². The van der Waals surface area contributed by atoms with Crippen LogP contribution in [0, 0.1) is 6.92 Å². The number of aromatic amines is 1. The Kier molecular flexibility index (Phi) is 3.47. The fraction of sp³-hybridized carbons (Fsp3) is 0.357. The second kappa shape index (κ2) is 5.04. The van der Waals surface area contributed by atoms with E-state index < -0.39 is 0 Å². The number of benzene rings is 1. The summed E-state index contributed by atoms with van der Waals surface area (Å²) >= 11 is 0. The molecule has 2 aromatic rings. The Morgan fingerprint density at radius 2 is 1.94 bits per heavy atom. The minimum atomic E-state index is 0.469. The number of rotatable bonds is 4. The second-order valence-electron chi connectivity index (χ2n) is 4.57. The highest BCUT2D eigenvalue weighted by atomic mass is 15.0. The first kappa shape index (κ1) is 11.7. The molecule has 2 N–H and O–H groups in total. The zero-order chi connectivity index (χ0) is 12.3. The molecule has 0 bridgehead atoms. The van der Waals surface area contributed by atoms with Gasteiger partial charge < -0.3 is 10.3 Å². The van der Waals surface area contributed by atoms with Crippen LogP contribution in [0.1, 0.15) is 37.0 Å². The number of nitrogens with one attached hydrogen (secondary N) is 2. The van der Waals surface area contributed by atoms with Gasteiger partial charge in [0, 0.05) is 11.4 Å². The molecule has 0 saturated carbocycles. The van der Waals surface area contributed by atoms with E-state index in [0.717, 1.165) is 23.8 Å². The quantitative estimate of drug-likeness (QED) is 0.843. The number of hydrogen-bond donors (Lipinski definition) is 2. The molecular formula is C14H19N3. The molecule has 0 atom stereocenters. The number of para-hydroxylation sites is 1. The van der Waals surface area contributed by atoms with Gasteiger partial charge in [-0.15, -0.1) is 0 Å². The summed E-state index contributed by atoms with van der Waals surface area (Å²) in [5.41, 5.74) is 3.45. The molecule has 90 valence electrons. The van der Waals surface area contributed by atoms with Gasteiger partial charge >= 0.3 is 0 Å². The number of imidazole rings is 1. The Morgan fingerprint density at radius 3 is 2.53 bits per heavy atom. The molecule has 3 nitrogen and oxygen atoms in total. The van der Waals surface area contributed by atoms with Gasteiger partial charge in [0.25, 0.3) is 0 Å². The molecule has 0 amide bonds. The molecule has 1 heterocycles. The lowest BCUT2D eigenvalue weighted by Crippen LogP contribution is -2.01. The lowest BCUT2D eigenvalue weighted by atomic mass is 10.1. The van der Waals surface area contributed by atoms with Crippen LogP contribution in [-0.4, -0.2) is 9.97 Å². The topological polar surface area (TPSA) is 40.7 Å². The van der Waals surface area contributed by atoms with Gasteiger partial charge in [-0.2, -0.15) is 0 Å². The van der Waals surface area contributed by atoms with E-state index in [1.54, 1.807) is 0 Å². The van der Waals surface area contributed by atoms with E-state index in [9.17, 15) is 0 Å². The van der Waals surface area contributed by atoms with Crippen molar-refractivity contribution in [1.82, 2.24) is 9.97 Å². The predicted octanol–water partition coefficient (Wildman–Crippen LogP) is 3.45. The van der Waals surface area contributed by atoms with E-state index in [0.29, 0.717) is 5.92 Å². The van der Waals surface area contributed by atoms with E-state index >= 15 is 0 Å². The molecule has 0 aliphatic rings. The van der Waals surface area contributed by atoms with Gasteiger partial charge in [-0.25, -0.2) is 4.98 Å². The molecule has 0 fully saturated rings. The van der Waals surface area contributed by atoms with E-state index in [2.05, 4.69) is 48.2 Å². The van der Waals surface area contributed by atoms with E-state index in [1.807, 2.05) is 18.2 Å². The van der Waals surface area contributed by atoms with Crippen LogP contribution >= 0.6 is 0 Å². The zero-order valence-electron chi connectivity index (χ0n) is 10.6. The molecule has 0 aliphatic heterocycles. The second-order valence-corrected chi connectivity index (χ2v) is 4.57. The van der Waals surface area contributed by atoms with Crippen molar-refractivity contribution in [3.8, 4) is 0 Å². The summed E-state index contributed by atoms with van der Waals surface area (Å²) in [4.78, 5) is 7.93. The smallest absolute Gasteiger partial charge is 0.125 e. The van der Waals surface area contributed by atoms with E-state index in [-0.39, 0.29) is 0 Å². The zero-order valence-corrected chi connectivity index (χ0v) is 10.6. The summed E-state index contributed by atoms with van der Waals surface area (Å²) in [6.45, 7) is 7.14. The van der Waals surface area contributed by atoms with Gasteiger partial charge in [0.2, 0.25) is 0 Å². The van der Waals surface area contributed by atoms with Crippen LogP contribution in [-0.2, 0) is 6.54 Å². The number of anilines is 1. The summed E-state index contributed by atoms with van der Waals surface area (Å²) < 4.78 is 0. The monoisotopic (exact) mass is 229 g/mol. The summed E-state index contributed by atoms with van der Waals surface area (Å²) in [5, 5.41) is 3.35. The Balaban J connectivity index is 2.02. The van der Waals surface area contributed by atoms with Crippen molar-refractivity contribution in [1.29, 1.82) is 0 Å². The van der Waals surface area contributed by atoms with Crippen molar-refractivity contribution < 1.29 is 0 Å². The molecule has 1 aromatic heterocycles. The summed E-state index contributed by atoms with van der Waals surface area (Å²) in [5.74, 6) is 1.46. The maximum absolute atomic E-state index is 4.61. The van der Waals surface area contributed by atoms with Crippen molar-refractivity contribution in [2.45, 2.75) is 33.2 Å². The average molecular weight is 229 g/mol. The molecule has 0 aliphatic carbocycles. The summed E-state index contributed by atoms with van der Waals surface area (Å²) in [6, 6.07) is 10.2. The summed E-state index contributed by atoms with van der Waals surface area (Å²) in [7, 11) is 0. The Hall–Kier alpha value is -1.77. The first-order valence-electron chi connectivity index (χ1n) is 6.01. The molecule has 2 rings (SSSR count). The normalized spacial score (nSPS) is 10.8. The lowest BCUT2D eigenvalue weighted by Gasteiger charge is -2.03. The number of nitrogens with zero attached hydrogens (tertiary/aromatic N) is 1. The maximum atomic E-state index is 4.61. The first-order valence-corrected chi connectivity index (χ1v) is 6.01. The van der Waals surface area contributed by atoms with Crippen molar-refractivity contribution in [3.05, 3.63) is 47.5 Å². The van der Waals surface area contributed by atoms with Gasteiger partial charge in [0.05, 0.1) is 12.2 Å². The fourth-order valence-electron chi connectivity index (χ4n) is 1.93. The summed E-state index contributed by atoms with van der Waals surface area (Å²) in [6.07, 6.45) is 0. The first-order chi connectivity index (χ1) is 8.16. The average Bonchev–Trinajstić information content (AvgIpc) is 2.69. The van der Waals surface area contributed by atoms with Crippen LogP contribution in [0.3, 0.4) is 0 Å². The van der Waals surface area contributed by atoms with Crippen LogP contribution in [0.4, 0.5) is 5.69 Å². The number of hydrogen-bond acceptors (Lipinski definition) is 2. The molecule has 3 heteroatoms. The van der Waals surface area contributed by atoms with Crippen molar-refractivity contribution >= 4 is 5.69 Å². The third-order valence-corrected chi connectivity index (χ3v) is 2.75. The lowest BCUT2D eigenvalue weighted by molar-refractivity contribution is 0.816. The number of H-pyrrole nitrogens is 1. The molecule has 0 saturated heterocycles. The molecular weight excluding hydrogens is 210 g/mol. The van der Waals surface area contributed by atoms with Crippen LogP contribution in [0.5, 0.6) is 0 Å². The highest BCUT2D eigenvalue weighted by molar-refractivity contribution is 5.42. The highest BCUT2D eigenvalue weighted by Gasteiger charge is 2.09. The largest absolute Gasteiger partial charge is 0.378 e. The third-order valence-electron chi connectivity index (χ3n) is 2.75. The molecule has 0 unspecified atom stereocenters. The molecule has 1 aromatic carbocycles. The molecule has 17 heavy (non-hydrogen) atoms. The molecule has 0 radical (unpaired) electrons. The van der Waals surface area contributed by atoms with Crippen LogP contribution < -0.4 is 5.32 Å². The minimum Gasteiger partial charge on any atom is -0.378 e. The van der Waals surface area contributed by atoms with Crippen molar-refractivity contribution in [2.75, 3.05) is 5.32 Å². The van der Waals surface area contributed by atoms with E-state index in [4.69, 9.17) is 0 Å². The maximum Gasteiger partial charge on any atom is 0.125 e. The van der Waals surface area contributed by atoms with E-state index in [1.165, 1.54) is 5.69 Å². The van der Waals surface area contributed by atoms with Crippen LogP contribution in [0.15, 0.2) is 30.3 Å². The van der Waals surface area contributed by atoms with Gasteiger partial charge in [0.1, 0.15) is 5.82 Å². The third kappa shape index (κ3) is 2.87. The minimum absolute atomic E-state index is 0.469.